The fourth-order valence-electron chi connectivity index (χ4n) is 1.73. The molecule has 1 aromatic heterocycles. The number of halogens is 3. The molecule has 0 spiro atoms. The average Bonchev–Trinajstić information content (AvgIpc) is 2.51. The van der Waals surface area contributed by atoms with Gasteiger partial charge in [-0.1, -0.05) is 6.07 Å². The van der Waals surface area contributed by atoms with E-state index in [1.165, 1.54) is 23.1 Å². The van der Waals surface area contributed by atoms with Gasteiger partial charge in [-0.05, 0) is 24.3 Å². The van der Waals surface area contributed by atoms with Gasteiger partial charge in [0.05, 0.1) is 0 Å². The first-order chi connectivity index (χ1) is 10.8. The third kappa shape index (κ3) is 3.65. The molecule has 0 saturated heterocycles. The Balaban J connectivity index is 2.24. The van der Waals surface area contributed by atoms with E-state index in [9.17, 15) is 22.8 Å². The van der Waals surface area contributed by atoms with Crippen molar-refractivity contribution in [2.24, 2.45) is 0 Å². The number of anilines is 1. The summed E-state index contributed by atoms with van der Waals surface area (Å²) < 4.78 is 39.2. The molecule has 1 N–H and O–H groups in total. The summed E-state index contributed by atoms with van der Waals surface area (Å²) in [7, 11) is 3.08. The van der Waals surface area contributed by atoms with E-state index in [2.05, 4.69) is 10.3 Å². The molecule has 120 valence electrons. The molecule has 0 atom stereocenters. The first kappa shape index (κ1) is 16.5. The van der Waals surface area contributed by atoms with Crippen LogP contribution in [0.3, 0.4) is 0 Å². The van der Waals surface area contributed by atoms with Crippen LogP contribution in [0.1, 0.15) is 20.8 Å². The summed E-state index contributed by atoms with van der Waals surface area (Å²) in [6.45, 7) is 0. The minimum absolute atomic E-state index is 0.0211. The minimum atomic E-state index is -1.65. The van der Waals surface area contributed by atoms with Crippen molar-refractivity contribution in [3.8, 4) is 0 Å². The summed E-state index contributed by atoms with van der Waals surface area (Å²) in [5, 5.41) is 2.29. The lowest BCUT2D eigenvalue weighted by molar-refractivity contribution is 0.0821. The molecule has 0 bridgehead atoms. The van der Waals surface area contributed by atoms with Crippen LogP contribution in [0.25, 0.3) is 0 Å². The fraction of sp³-hybridized carbons (Fsp3) is 0.133. The first-order valence-electron chi connectivity index (χ1n) is 6.44. The van der Waals surface area contributed by atoms with Gasteiger partial charge in [-0.15, -0.1) is 0 Å². The molecule has 0 radical (unpaired) electrons. The van der Waals surface area contributed by atoms with Gasteiger partial charge in [0.15, 0.2) is 17.5 Å². The highest BCUT2D eigenvalue weighted by atomic mass is 19.2. The molecule has 0 fully saturated rings. The van der Waals surface area contributed by atoms with Crippen LogP contribution in [0.15, 0.2) is 30.3 Å². The predicted octanol–water partition coefficient (Wildman–Crippen LogP) is 2.45. The van der Waals surface area contributed by atoms with E-state index in [1.54, 1.807) is 14.1 Å². The van der Waals surface area contributed by atoms with Gasteiger partial charge >= 0.3 is 0 Å². The van der Waals surface area contributed by atoms with E-state index in [4.69, 9.17) is 0 Å². The van der Waals surface area contributed by atoms with Gasteiger partial charge in [0.1, 0.15) is 11.5 Å². The van der Waals surface area contributed by atoms with E-state index in [0.717, 1.165) is 0 Å². The summed E-state index contributed by atoms with van der Waals surface area (Å²) in [6.07, 6.45) is 0. The standard InChI is InChI=1S/C15H12F3N3O2/c1-21(2)15(23)11-4-3-5-12(19-11)20-14(22)8-6-9(16)13(18)10(17)7-8/h3-7H,1-2H3,(H,19,20,22). The Kier molecular flexibility index (Phi) is 4.63. The van der Waals surface area contributed by atoms with Crippen LogP contribution in [0.5, 0.6) is 0 Å². The Hall–Kier alpha value is -2.90. The summed E-state index contributed by atoms with van der Waals surface area (Å²) in [5.74, 6) is -5.84. The zero-order valence-electron chi connectivity index (χ0n) is 12.2. The van der Waals surface area contributed by atoms with Crippen LogP contribution in [0.4, 0.5) is 19.0 Å². The van der Waals surface area contributed by atoms with Crippen LogP contribution in [0.2, 0.25) is 0 Å². The van der Waals surface area contributed by atoms with Crippen LogP contribution >= 0.6 is 0 Å². The molecule has 0 saturated carbocycles. The lowest BCUT2D eigenvalue weighted by atomic mass is 10.2. The zero-order valence-corrected chi connectivity index (χ0v) is 12.2. The Morgan fingerprint density at radius 2 is 1.70 bits per heavy atom. The van der Waals surface area contributed by atoms with E-state index < -0.39 is 28.9 Å². The van der Waals surface area contributed by atoms with Crippen LogP contribution in [0, 0.1) is 17.5 Å². The number of hydrogen-bond acceptors (Lipinski definition) is 3. The number of carbonyl (C=O) groups is 2. The van der Waals surface area contributed by atoms with Crippen LogP contribution < -0.4 is 5.32 Å². The second kappa shape index (κ2) is 6.47. The second-order valence-electron chi connectivity index (χ2n) is 4.82. The lowest BCUT2D eigenvalue weighted by Crippen LogP contribution is -2.23. The number of hydrogen-bond donors (Lipinski definition) is 1. The number of amides is 2. The van der Waals surface area contributed by atoms with Crippen molar-refractivity contribution >= 4 is 17.6 Å². The smallest absolute Gasteiger partial charge is 0.272 e. The van der Waals surface area contributed by atoms with Gasteiger partial charge in [0.2, 0.25) is 0 Å². The molecular weight excluding hydrogens is 311 g/mol. The summed E-state index contributed by atoms with van der Waals surface area (Å²) in [4.78, 5) is 29.0. The topological polar surface area (TPSA) is 62.3 Å². The third-order valence-electron chi connectivity index (χ3n) is 2.86. The van der Waals surface area contributed by atoms with Crippen LogP contribution in [-0.4, -0.2) is 35.8 Å². The molecule has 5 nitrogen and oxygen atoms in total. The van der Waals surface area contributed by atoms with Gasteiger partial charge in [-0.3, -0.25) is 9.59 Å². The molecule has 0 aliphatic heterocycles. The number of aromatic nitrogens is 1. The minimum Gasteiger partial charge on any atom is -0.343 e. The molecule has 23 heavy (non-hydrogen) atoms. The molecule has 1 aromatic carbocycles. The SMILES string of the molecule is CN(C)C(=O)c1cccc(NC(=O)c2cc(F)c(F)c(F)c2)n1. The second-order valence-corrected chi connectivity index (χ2v) is 4.82. The van der Waals surface area contributed by atoms with Crippen LogP contribution in [-0.2, 0) is 0 Å². The van der Waals surface area contributed by atoms with Gasteiger partial charge in [-0.25, -0.2) is 18.2 Å². The van der Waals surface area contributed by atoms with Crippen molar-refractivity contribution in [2.45, 2.75) is 0 Å². The van der Waals surface area contributed by atoms with Crippen molar-refractivity contribution in [3.05, 3.63) is 59.0 Å². The predicted molar refractivity (Wildman–Crippen MR) is 76.5 cm³/mol. The number of carbonyl (C=O) groups excluding carboxylic acids is 2. The van der Waals surface area contributed by atoms with E-state index in [0.29, 0.717) is 12.1 Å². The van der Waals surface area contributed by atoms with E-state index in [-0.39, 0.29) is 17.4 Å². The molecule has 2 aromatic rings. The van der Waals surface area contributed by atoms with Crippen molar-refractivity contribution < 1.29 is 22.8 Å². The van der Waals surface area contributed by atoms with E-state index in [1.807, 2.05) is 0 Å². The first-order valence-corrected chi connectivity index (χ1v) is 6.44. The Bertz CT molecular complexity index is 755. The van der Waals surface area contributed by atoms with Crippen molar-refractivity contribution in [1.82, 2.24) is 9.88 Å². The monoisotopic (exact) mass is 323 g/mol. The molecule has 0 unspecified atom stereocenters. The summed E-state index contributed by atoms with van der Waals surface area (Å²) in [6, 6.07) is 5.49. The highest BCUT2D eigenvalue weighted by Crippen LogP contribution is 2.15. The molecule has 1 heterocycles. The largest absolute Gasteiger partial charge is 0.343 e. The van der Waals surface area contributed by atoms with Gasteiger partial charge in [0, 0.05) is 19.7 Å². The Labute approximate surface area is 129 Å². The van der Waals surface area contributed by atoms with Crippen molar-refractivity contribution in [1.29, 1.82) is 0 Å². The van der Waals surface area contributed by atoms with Gasteiger partial charge < -0.3 is 10.2 Å². The molecule has 2 amide bonds. The maximum atomic E-state index is 13.1. The maximum absolute atomic E-state index is 13.1. The molecular formula is C15H12F3N3O2. The van der Waals surface area contributed by atoms with Crippen molar-refractivity contribution in [3.63, 3.8) is 0 Å². The summed E-state index contributed by atoms with van der Waals surface area (Å²) in [5.41, 5.74) is -0.322. The maximum Gasteiger partial charge on any atom is 0.272 e. The summed E-state index contributed by atoms with van der Waals surface area (Å²) >= 11 is 0. The molecule has 0 aliphatic carbocycles. The number of nitrogens with one attached hydrogen (secondary N) is 1. The molecule has 8 heteroatoms. The number of rotatable bonds is 3. The normalized spacial score (nSPS) is 10.3. The average molecular weight is 323 g/mol. The molecule has 2 rings (SSSR count). The number of pyridine rings is 1. The van der Waals surface area contributed by atoms with Gasteiger partial charge in [0.25, 0.3) is 11.8 Å². The Morgan fingerprint density at radius 3 is 2.26 bits per heavy atom. The lowest BCUT2D eigenvalue weighted by Gasteiger charge is -2.11. The number of benzene rings is 1. The number of nitrogens with zero attached hydrogens (tertiary/aromatic N) is 2. The fourth-order valence-corrected chi connectivity index (χ4v) is 1.73. The highest BCUT2D eigenvalue weighted by Gasteiger charge is 2.16. The highest BCUT2D eigenvalue weighted by molar-refractivity contribution is 6.04. The third-order valence-corrected chi connectivity index (χ3v) is 2.86. The quantitative estimate of drug-likeness (QED) is 0.883. The Morgan fingerprint density at radius 1 is 1.09 bits per heavy atom. The molecule has 0 aliphatic rings. The van der Waals surface area contributed by atoms with Crippen molar-refractivity contribution in [2.75, 3.05) is 19.4 Å². The van der Waals surface area contributed by atoms with Gasteiger partial charge in [-0.2, -0.15) is 0 Å². The van der Waals surface area contributed by atoms with E-state index >= 15 is 0 Å². The zero-order chi connectivity index (χ0) is 17.1.